The molecule has 1 fully saturated rings. The van der Waals surface area contributed by atoms with E-state index in [0.717, 1.165) is 50.0 Å². The van der Waals surface area contributed by atoms with Gasteiger partial charge in [-0.15, -0.1) is 0 Å². The lowest BCUT2D eigenvalue weighted by Gasteiger charge is -2.33. The minimum Gasteiger partial charge on any atom is -0.312 e. The van der Waals surface area contributed by atoms with Crippen LogP contribution in [0.25, 0.3) is 0 Å². The Morgan fingerprint density at radius 2 is 2.19 bits per heavy atom. The molecule has 0 aromatic heterocycles. The zero-order valence-corrected chi connectivity index (χ0v) is 13.2. The predicted molar refractivity (Wildman–Crippen MR) is 84.4 cm³/mol. The Kier molecular flexibility index (Phi) is 4.19. The van der Waals surface area contributed by atoms with Gasteiger partial charge in [0.25, 0.3) is 0 Å². The number of nitrogens with one attached hydrogen (secondary N) is 2. The number of fused-ring (bicyclic) bond motifs is 1. The van der Waals surface area contributed by atoms with Gasteiger partial charge in [-0.3, -0.25) is 4.72 Å². The fourth-order valence-electron chi connectivity index (χ4n) is 3.25. The highest BCUT2D eigenvalue weighted by Gasteiger charge is 2.30. The van der Waals surface area contributed by atoms with Gasteiger partial charge >= 0.3 is 10.2 Å². The maximum atomic E-state index is 12.7. The first-order valence-corrected chi connectivity index (χ1v) is 9.13. The largest absolute Gasteiger partial charge is 0.312 e. The molecular formula is C15H23N3O2S. The number of hydrogen-bond acceptors (Lipinski definition) is 3. The summed E-state index contributed by atoms with van der Waals surface area (Å²) in [5.74, 6) is 0. The molecule has 0 spiro atoms. The van der Waals surface area contributed by atoms with Gasteiger partial charge in [0, 0.05) is 19.1 Å². The van der Waals surface area contributed by atoms with Crippen LogP contribution in [0.5, 0.6) is 0 Å². The van der Waals surface area contributed by atoms with Crippen molar-refractivity contribution in [3.05, 3.63) is 29.3 Å². The topological polar surface area (TPSA) is 61.4 Å². The number of rotatable bonds is 3. The molecule has 2 aliphatic rings. The number of anilines is 1. The molecule has 3 rings (SSSR count). The molecule has 116 valence electrons. The summed E-state index contributed by atoms with van der Waals surface area (Å²) in [7, 11) is -3.46. The van der Waals surface area contributed by atoms with Crippen molar-refractivity contribution in [2.45, 2.75) is 45.2 Å². The molecule has 1 saturated heterocycles. The minimum atomic E-state index is -3.46. The molecule has 2 N–H and O–H groups in total. The highest BCUT2D eigenvalue weighted by atomic mass is 32.2. The lowest BCUT2D eigenvalue weighted by Crippen LogP contribution is -2.45. The summed E-state index contributed by atoms with van der Waals surface area (Å²) in [5, 5.41) is 3.31. The van der Waals surface area contributed by atoms with Crippen LogP contribution in [0.3, 0.4) is 0 Å². The van der Waals surface area contributed by atoms with Crippen LogP contribution in [-0.2, 0) is 23.2 Å². The first-order valence-electron chi connectivity index (χ1n) is 7.69. The molecule has 2 aliphatic heterocycles. The van der Waals surface area contributed by atoms with Crippen LogP contribution < -0.4 is 10.0 Å². The van der Waals surface area contributed by atoms with Gasteiger partial charge in [-0.1, -0.05) is 18.6 Å². The van der Waals surface area contributed by atoms with E-state index in [1.165, 1.54) is 5.56 Å². The molecule has 2 heterocycles. The monoisotopic (exact) mass is 309 g/mol. The van der Waals surface area contributed by atoms with Crippen molar-refractivity contribution in [3.63, 3.8) is 0 Å². The lowest BCUT2D eigenvalue weighted by molar-refractivity contribution is 0.270. The molecule has 6 heteroatoms. The van der Waals surface area contributed by atoms with E-state index in [-0.39, 0.29) is 6.04 Å². The smallest absolute Gasteiger partial charge is 0.301 e. The van der Waals surface area contributed by atoms with Crippen LogP contribution in [0.4, 0.5) is 5.69 Å². The average Bonchev–Trinajstić information content (AvgIpc) is 2.47. The molecule has 5 nitrogen and oxygen atoms in total. The quantitative estimate of drug-likeness (QED) is 0.896. The summed E-state index contributed by atoms with van der Waals surface area (Å²) in [6, 6.07) is 5.93. The zero-order valence-electron chi connectivity index (χ0n) is 12.4. The molecule has 1 atom stereocenters. The van der Waals surface area contributed by atoms with Gasteiger partial charge in [0.05, 0.1) is 5.69 Å². The Morgan fingerprint density at radius 3 is 3.00 bits per heavy atom. The van der Waals surface area contributed by atoms with Crippen LogP contribution in [0.2, 0.25) is 0 Å². The number of nitrogens with zero attached hydrogens (tertiary/aromatic N) is 1. The molecule has 21 heavy (non-hydrogen) atoms. The van der Waals surface area contributed by atoms with Gasteiger partial charge in [0.1, 0.15) is 0 Å². The molecule has 1 aromatic carbocycles. The molecule has 1 aromatic rings. The summed E-state index contributed by atoms with van der Waals surface area (Å²) >= 11 is 0. The minimum absolute atomic E-state index is 0.0810. The fraction of sp³-hybridized carbons (Fsp3) is 0.600. The van der Waals surface area contributed by atoms with Gasteiger partial charge in [-0.05, 0) is 49.9 Å². The van der Waals surface area contributed by atoms with E-state index in [1.54, 1.807) is 4.31 Å². The van der Waals surface area contributed by atoms with Gasteiger partial charge in [0.15, 0.2) is 0 Å². The number of piperidine rings is 1. The third kappa shape index (κ3) is 3.07. The van der Waals surface area contributed by atoms with Crippen LogP contribution >= 0.6 is 0 Å². The summed E-state index contributed by atoms with van der Waals surface area (Å²) in [6.07, 6.45) is 3.86. The van der Waals surface area contributed by atoms with E-state index in [4.69, 9.17) is 0 Å². The maximum Gasteiger partial charge on any atom is 0.301 e. The van der Waals surface area contributed by atoms with Gasteiger partial charge < -0.3 is 5.32 Å². The second-order valence-corrected chi connectivity index (χ2v) is 7.56. The van der Waals surface area contributed by atoms with E-state index in [2.05, 4.69) is 16.1 Å². The molecule has 1 unspecified atom stereocenters. The highest BCUT2D eigenvalue weighted by molar-refractivity contribution is 7.90. The van der Waals surface area contributed by atoms with Gasteiger partial charge in [0.2, 0.25) is 0 Å². The third-order valence-corrected chi connectivity index (χ3v) is 6.07. The van der Waals surface area contributed by atoms with Crippen molar-refractivity contribution in [1.29, 1.82) is 0 Å². The van der Waals surface area contributed by atoms with Crippen molar-refractivity contribution >= 4 is 15.9 Å². The Labute approximate surface area is 126 Å². The normalized spacial score (nSPS) is 23.6. The summed E-state index contributed by atoms with van der Waals surface area (Å²) in [5.41, 5.74) is 3.06. The maximum absolute atomic E-state index is 12.7. The fourth-order valence-corrected chi connectivity index (χ4v) is 4.79. The van der Waals surface area contributed by atoms with Gasteiger partial charge in [-0.2, -0.15) is 12.7 Å². The average molecular weight is 309 g/mol. The van der Waals surface area contributed by atoms with Crippen molar-refractivity contribution in [2.24, 2.45) is 0 Å². The van der Waals surface area contributed by atoms with E-state index in [1.807, 2.05) is 19.1 Å². The van der Waals surface area contributed by atoms with E-state index in [9.17, 15) is 8.42 Å². The molecule has 0 bridgehead atoms. The highest BCUT2D eigenvalue weighted by Crippen LogP contribution is 2.26. The van der Waals surface area contributed by atoms with Crippen molar-refractivity contribution < 1.29 is 8.42 Å². The van der Waals surface area contributed by atoms with Crippen LogP contribution in [0.15, 0.2) is 18.2 Å². The molecular weight excluding hydrogens is 286 g/mol. The Balaban J connectivity index is 1.85. The van der Waals surface area contributed by atoms with Crippen molar-refractivity contribution in [2.75, 3.05) is 17.8 Å². The summed E-state index contributed by atoms with van der Waals surface area (Å²) < 4.78 is 29.7. The lowest BCUT2D eigenvalue weighted by atomic mass is 9.99. The SMILES string of the molecule is CC1CCCCN1S(=O)(=O)Nc1cccc2c1CCNC2. The summed E-state index contributed by atoms with van der Waals surface area (Å²) in [6.45, 7) is 4.31. The Bertz CT molecular complexity index is 615. The van der Waals surface area contributed by atoms with E-state index >= 15 is 0 Å². The molecule has 0 aliphatic carbocycles. The Morgan fingerprint density at radius 1 is 1.33 bits per heavy atom. The molecule has 0 saturated carbocycles. The standard InChI is InChI=1S/C15H23N3O2S/c1-12-5-2-3-10-18(12)21(19,20)17-15-7-4-6-13-11-16-9-8-14(13)15/h4,6-7,12,16-17H,2-3,5,8-11H2,1H3. The molecule has 0 amide bonds. The number of benzene rings is 1. The second-order valence-electron chi connectivity index (χ2n) is 5.93. The zero-order chi connectivity index (χ0) is 14.9. The van der Waals surface area contributed by atoms with Crippen molar-refractivity contribution in [1.82, 2.24) is 9.62 Å². The predicted octanol–water partition coefficient (Wildman–Crippen LogP) is 1.86. The van der Waals surface area contributed by atoms with Crippen LogP contribution in [-0.4, -0.2) is 31.9 Å². The third-order valence-electron chi connectivity index (χ3n) is 4.43. The molecule has 0 radical (unpaired) electrons. The van der Waals surface area contributed by atoms with E-state index < -0.39 is 10.2 Å². The number of hydrogen-bond donors (Lipinski definition) is 2. The van der Waals surface area contributed by atoms with Crippen molar-refractivity contribution in [3.8, 4) is 0 Å². The van der Waals surface area contributed by atoms with Gasteiger partial charge in [-0.25, -0.2) is 0 Å². The van der Waals surface area contributed by atoms with E-state index in [0.29, 0.717) is 6.54 Å². The van der Waals surface area contributed by atoms with Crippen LogP contribution in [0, 0.1) is 0 Å². The first kappa shape index (κ1) is 14.8. The summed E-state index contributed by atoms with van der Waals surface area (Å²) in [4.78, 5) is 0. The Hall–Kier alpha value is -1.11. The van der Waals surface area contributed by atoms with Crippen LogP contribution in [0.1, 0.15) is 37.3 Å². The second kappa shape index (κ2) is 5.94. The first-order chi connectivity index (χ1) is 10.1.